The van der Waals surface area contributed by atoms with E-state index in [1.54, 1.807) is 26.0 Å². The molecule has 0 saturated heterocycles. The lowest BCUT2D eigenvalue weighted by molar-refractivity contribution is -0.164. The van der Waals surface area contributed by atoms with Crippen LogP contribution in [0.1, 0.15) is 31.7 Å². The normalized spacial score (nSPS) is 19.2. The number of ether oxygens (including phenoxy) is 2. The number of halogens is 1. The van der Waals surface area contributed by atoms with Gasteiger partial charge in [0.25, 0.3) is 0 Å². The first-order valence-corrected chi connectivity index (χ1v) is 7.04. The van der Waals surface area contributed by atoms with Gasteiger partial charge in [0.1, 0.15) is 0 Å². The van der Waals surface area contributed by atoms with Gasteiger partial charge < -0.3 is 9.47 Å². The first kappa shape index (κ1) is 14.9. The molecule has 1 aromatic carbocycles. The molecule has 0 radical (unpaired) electrons. The lowest BCUT2D eigenvalue weighted by atomic mass is 9.99. The highest BCUT2D eigenvalue weighted by molar-refractivity contribution is 6.30. The van der Waals surface area contributed by atoms with Crippen molar-refractivity contribution in [2.45, 2.75) is 26.2 Å². The molecule has 0 N–H and O–H groups in total. The fourth-order valence-corrected chi connectivity index (χ4v) is 2.54. The van der Waals surface area contributed by atoms with E-state index in [0.717, 1.165) is 5.56 Å². The van der Waals surface area contributed by atoms with Crippen molar-refractivity contribution in [3.63, 3.8) is 0 Å². The Bertz CT molecular complexity index is 491. The molecular weight excluding hydrogens is 280 g/mol. The van der Waals surface area contributed by atoms with Crippen LogP contribution in [-0.2, 0) is 19.1 Å². The van der Waals surface area contributed by atoms with Gasteiger partial charge in [0.15, 0.2) is 5.41 Å². The first-order valence-electron chi connectivity index (χ1n) is 6.66. The monoisotopic (exact) mass is 296 g/mol. The third kappa shape index (κ3) is 2.52. The smallest absolute Gasteiger partial charge is 0.324 e. The summed E-state index contributed by atoms with van der Waals surface area (Å²) in [7, 11) is 0. The SMILES string of the molecule is CCOC(=O)C1(C(=O)OCC)C[C@@H]1c1ccc(Cl)cc1. The van der Waals surface area contributed by atoms with Gasteiger partial charge in [-0.05, 0) is 38.0 Å². The van der Waals surface area contributed by atoms with Gasteiger partial charge in [-0.25, -0.2) is 0 Å². The highest BCUT2D eigenvalue weighted by atomic mass is 35.5. The summed E-state index contributed by atoms with van der Waals surface area (Å²) < 4.78 is 10.1. The maximum atomic E-state index is 12.1. The van der Waals surface area contributed by atoms with E-state index in [0.29, 0.717) is 11.4 Å². The lowest BCUT2D eigenvalue weighted by Gasteiger charge is -2.14. The molecule has 1 fully saturated rings. The fraction of sp³-hybridized carbons (Fsp3) is 0.467. The molecule has 0 spiro atoms. The van der Waals surface area contributed by atoms with Crippen LogP contribution in [0.15, 0.2) is 24.3 Å². The molecule has 4 nitrogen and oxygen atoms in total. The van der Waals surface area contributed by atoms with Gasteiger partial charge in [0, 0.05) is 10.9 Å². The quantitative estimate of drug-likeness (QED) is 0.619. The van der Waals surface area contributed by atoms with Crippen LogP contribution in [-0.4, -0.2) is 25.2 Å². The van der Waals surface area contributed by atoms with Crippen molar-refractivity contribution in [1.82, 2.24) is 0 Å². The van der Waals surface area contributed by atoms with Crippen molar-refractivity contribution in [3.8, 4) is 0 Å². The molecule has 20 heavy (non-hydrogen) atoms. The summed E-state index contributed by atoms with van der Waals surface area (Å²) in [5.74, 6) is -1.20. The number of benzene rings is 1. The Labute approximate surface area is 123 Å². The summed E-state index contributed by atoms with van der Waals surface area (Å²) in [5, 5.41) is 0.618. The van der Waals surface area contributed by atoms with E-state index in [9.17, 15) is 9.59 Å². The summed E-state index contributed by atoms with van der Waals surface area (Å²) >= 11 is 5.85. The Balaban J connectivity index is 2.25. The van der Waals surface area contributed by atoms with Gasteiger partial charge >= 0.3 is 11.9 Å². The van der Waals surface area contributed by atoms with Crippen LogP contribution < -0.4 is 0 Å². The molecule has 1 atom stereocenters. The van der Waals surface area contributed by atoms with Gasteiger partial charge in [-0.2, -0.15) is 0 Å². The highest BCUT2D eigenvalue weighted by Crippen LogP contribution is 2.60. The molecule has 0 amide bonds. The van der Waals surface area contributed by atoms with E-state index >= 15 is 0 Å². The summed E-state index contributed by atoms with van der Waals surface area (Å²) in [4.78, 5) is 24.3. The van der Waals surface area contributed by atoms with Crippen LogP contribution in [0, 0.1) is 5.41 Å². The van der Waals surface area contributed by atoms with E-state index in [-0.39, 0.29) is 19.1 Å². The topological polar surface area (TPSA) is 52.6 Å². The minimum atomic E-state index is -1.18. The van der Waals surface area contributed by atoms with E-state index < -0.39 is 17.4 Å². The van der Waals surface area contributed by atoms with E-state index in [1.807, 2.05) is 12.1 Å². The standard InChI is InChI=1S/C15H17ClO4/c1-3-19-13(17)15(14(18)20-4-2)9-12(15)10-5-7-11(16)8-6-10/h5-8,12H,3-4,9H2,1-2H3/t12-/m1/s1. The van der Waals surface area contributed by atoms with Gasteiger partial charge in [-0.15, -0.1) is 0 Å². The average Bonchev–Trinajstić information content (AvgIpc) is 3.17. The minimum Gasteiger partial charge on any atom is -0.465 e. The Morgan fingerprint density at radius 3 is 2.10 bits per heavy atom. The highest BCUT2D eigenvalue weighted by Gasteiger charge is 2.68. The van der Waals surface area contributed by atoms with Crippen LogP contribution in [0.3, 0.4) is 0 Å². The third-order valence-electron chi connectivity index (χ3n) is 3.51. The molecule has 1 aliphatic carbocycles. The van der Waals surface area contributed by atoms with Gasteiger partial charge in [0.05, 0.1) is 13.2 Å². The van der Waals surface area contributed by atoms with E-state index in [2.05, 4.69) is 0 Å². The average molecular weight is 297 g/mol. The minimum absolute atomic E-state index is 0.196. The van der Waals surface area contributed by atoms with Gasteiger partial charge in [0.2, 0.25) is 0 Å². The van der Waals surface area contributed by atoms with Crippen molar-refractivity contribution in [3.05, 3.63) is 34.9 Å². The fourth-order valence-electron chi connectivity index (χ4n) is 2.41. The Morgan fingerprint density at radius 2 is 1.65 bits per heavy atom. The Morgan fingerprint density at radius 1 is 1.15 bits per heavy atom. The number of esters is 2. The maximum absolute atomic E-state index is 12.1. The van der Waals surface area contributed by atoms with Crippen molar-refractivity contribution in [2.24, 2.45) is 5.41 Å². The lowest BCUT2D eigenvalue weighted by Crippen LogP contribution is -2.31. The maximum Gasteiger partial charge on any atom is 0.324 e. The molecule has 0 bridgehead atoms. The van der Waals surface area contributed by atoms with Crippen LogP contribution in [0.25, 0.3) is 0 Å². The number of hydrogen-bond donors (Lipinski definition) is 0. The summed E-state index contributed by atoms with van der Waals surface area (Å²) in [5.41, 5.74) is -0.282. The zero-order valence-electron chi connectivity index (χ0n) is 11.5. The second kappa shape index (κ2) is 5.83. The second-order valence-corrected chi connectivity index (χ2v) is 5.16. The molecule has 1 saturated carbocycles. The largest absolute Gasteiger partial charge is 0.465 e. The number of rotatable bonds is 5. The van der Waals surface area contributed by atoms with Crippen LogP contribution >= 0.6 is 11.6 Å². The van der Waals surface area contributed by atoms with Crippen LogP contribution in [0.4, 0.5) is 0 Å². The van der Waals surface area contributed by atoms with Crippen molar-refractivity contribution >= 4 is 23.5 Å². The summed E-state index contributed by atoms with van der Waals surface area (Å²) in [6.45, 7) is 3.92. The van der Waals surface area contributed by atoms with E-state index in [4.69, 9.17) is 21.1 Å². The number of carbonyl (C=O) groups is 2. The first-order chi connectivity index (χ1) is 9.56. The molecule has 0 aliphatic heterocycles. The molecule has 1 aromatic rings. The molecule has 0 unspecified atom stereocenters. The molecule has 5 heteroatoms. The molecule has 1 aliphatic rings. The van der Waals surface area contributed by atoms with Crippen LogP contribution in [0.5, 0.6) is 0 Å². The molecule has 0 aromatic heterocycles. The van der Waals surface area contributed by atoms with Gasteiger partial charge in [-0.3, -0.25) is 9.59 Å². The number of hydrogen-bond acceptors (Lipinski definition) is 4. The molecule has 2 rings (SSSR count). The molecule has 0 heterocycles. The molecule has 108 valence electrons. The number of carbonyl (C=O) groups excluding carboxylic acids is 2. The zero-order valence-corrected chi connectivity index (χ0v) is 12.3. The Hall–Kier alpha value is -1.55. The Kier molecular flexibility index (Phi) is 4.33. The zero-order chi connectivity index (χ0) is 14.8. The van der Waals surface area contributed by atoms with Crippen molar-refractivity contribution in [1.29, 1.82) is 0 Å². The van der Waals surface area contributed by atoms with Crippen molar-refractivity contribution < 1.29 is 19.1 Å². The summed E-state index contributed by atoms with van der Waals surface area (Å²) in [6.07, 6.45) is 0.423. The summed E-state index contributed by atoms with van der Waals surface area (Å²) in [6, 6.07) is 7.15. The van der Waals surface area contributed by atoms with Crippen LogP contribution in [0.2, 0.25) is 5.02 Å². The van der Waals surface area contributed by atoms with E-state index in [1.165, 1.54) is 0 Å². The predicted molar refractivity (Wildman–Crippen MR) is 74.5 cm³/mol. The molecular formula is C15H17ClO4. The second-order valence-electron chi connectivity index (χ2n) is 4.72. The predicted octanol–water partition coefficient (Wildman–Crippen LogP) is 2.94. The van der Waals surface area contributed by atoms with Gasteiger partial charge in [-0.1, -0.05) is 23.7 Å². The third-order valence-corrected chi connectivity index (χ3v) is 3.76. The van der Waals surface area contributed by atoms with Crippen molar-refractivity contribution in [2.75, 3.05) is 13.2 Å².